The van der Waals surface area contributed by atoms with Crippen LogP contribution >= 0.6 is 0 Å². The van der Waals surface area contributed by atoms with Gasteiger partial charge in [-0.3, -0.25) is 9.48 Å². The maximum absolute atomic E-state index is 11.7. The van der Waals surface area contributed by atoms with Gasteiger partial charge in [0, 0.05) is 19.8 Å². The highest BCUT2D eigenvalue weighted by molar-refractivity contribution is 5.88. The summed E-state index contributed by atoms with van der Waals surface area (Å²) in [5.41, 5.74) is 0.490. The Morgan fingerprint density at radius 3 is 2.89 bits per heavy atom. The second-order valence-corrected chi connectivity index (χ2v) is 4.03. The third-order valence-corrected chi connectivity index (χ3v) is 2.38. The lowest BCUT2D eigenvalue weighted by atomic mass is 10.3. The van der Waals surface area contributed by atoms with Crippen LogP contribution in [0, 0.1) is 0 Å². The van der Waals surface area contributed by atoms with Crippen molar-refractivity contribution in [3.8, 4) is 0 Å². The molecule has 0 unspecified atom stereocenters. The van der Waals surface area contributed by atoms with E-state index in [1.165, 1.54) is 17.1 Å². The SMILES string of the molecule is CCCCN(C)C(=O)Nc1cnn(CC(=O)O)c1. The molecule has 0 atom stereocenters. The zero-order chi connectivity index (χ0) is 13.5. The van der Waals surface area contributed by atoms with E-state index in [-0.39, 0.29) is 12.6 Å². The first-order valence-electron chi connectivity index (χ1n) is 5.79. The summed E-state index contributed by atoms with van der Waals surface area (Å²) in [7, 11) is 1.71. The van der Waals surface area contributed by atoms with Gasteiger partial charge in [0.25, 0.3) is 0 Å². The Hall–Kier alpha value is -2.05. The average Bonchev–Trinajstić information content (AvgIpc) is 2.72. The van der Waals surface area contributed by atoms with Crippen LogP contribution in [0.5, 0.6) is 0 Å². The maximum Gasteiger partial charge on any atom is 0.325 e. The van der Waals surface area contributed by atoms with Crippen molar-refractivity contribution in [1.82, 2.24) is 14.7 Å². The van der Waals surface area contributed by atoms with Crippen molar-refractivity contribution in [1.29, 1.82) is 0 Å². The van der Waals surface area contributed by atoms with E-state index in [2.05, 4.69) is 17.3 Å². The normalized spacial score (nSPS) is 10.1. The Bertz CT molecular complexity index is 416. The number of unbranched alkanes of at least 4 members (excludes halogenated alkanes) is 1. The van der Waals surface area contributed by atoms with Crippen molar-refractivity contribution in [2.45, 2.75) is 26.3 Å². The van der Waals surface area contributed by atoms with E-state index in [1.807, 2.05) is 0 Å². The topological polar surface area (TPSA) is 87.5 Å². The van der Waals surface area contributed by atoms with Gasteiger partial charge in [0.05, 0.1) is 11.9 Å². The highest BCUT2D eigenvalue weighted by Crippen LogP contribution is 2.06. The fourth-order valence-electron chi connectivity index (χ4n) is 1.37. The number of carboxylic acids is 1. The van der Waals surface area contributed by atoms with Gasteiger partial charge in [-0.05, 0) is 6.42 Å². The number of carbonyl (C=O) groups is 2. The molecule has 7 nitrogen and oxygen atoms in total. The van der Waals surface area contributed by atoms with Gasteiger partial charge in [-0.25, -0.2) is 4.79 Å². The summed E-state index contributed by atoms with van der Waals surface area (Å²) in [6, 6.07) is -0.224. The Morgan fingerprint density at radius 1 is 1.56 bits per heavy atom. The number of aromatic nitrogens is 2. The van der Waals surface area contributed by atoms with Crippen LogP contribution in [-0.2, 0) is 11.3 Å². The average molecular weight is 254 g/mol. The van der Waals surface area contributed by atoms with Crippen LogP contribution in [0.1, 0.15) is 19.8 Å². The van der Waals surface area contributed by atoms with Crippen LogP contribution in [0.2, 0.25) is 0 Å². The molecule has 0 aliphatic heterocycles. The molecule has 2 N–H and O–H groups in total. The van der Waals surface area contributed by atoms with Crippen LogP contribution in [0.4, 0.5) is 10.5 Å². The second-order valence-electron chi connectivity index (χ2n) is 4.03. The van der Waals surface area contributed by atoms with Crippen molar-refractivity contribution >= 4 is 17.7 Å². The second kappa shape index (κ2) is 6.63. The highest BCUT2D eigenvalue weighted by atomic mass is 16.4. The molecule has 0 aliphatic carbocycles. The molecule has 1 aromatic rings. The Labute approximate surface area is 105 Å². The van der Waals surface area contributed by atoms with Crippen molar-refractivity contribution in [2.75, 3.05) is 18.9 Å². The molecular formula is C11H18N4O3. The van der Waals surface area contributed by atoms with Crippen LogP contribution in [0.15, 0.2) is 12.4 Å². The predicted octanol–water partition coefficient (Wildman–Crippen LogP) is 1.23. The standard InChI is InChI=1S/C11H18N4O3/c1-3-4-5-14(2)11(18)13-9-6-12-15(7-9)8-10(16)17/h6-7H,3-5,8H2,1-2H3,(H,13,18)(H,16,17). The molecule has 0 aromatic carbocycles. The van der Waals surface area contributed by atoms with E-state index in [0.29, 0.717) is 12.2 Å². The molecular weight excluding hydrogens is 236 g/mol. The first-order valence-corrected chi connectivity index (χ1v) is 5.79. The number of rotatable bonds is 6. The van der Waals surface area contributed by atoms with Crippen LogP contribution in [0.25, 0.3) is 0 Å². The lowest BCUT2D eigenvalue weighted by molar-refractivity contribution is -0.137. The van der Waals surface area contributed by atoms with Crippen molar-refractivity contribution in [3.05, 3.63) is 12.4 Å². The lowest BCUT2D eigenvalue weighted by Crippen LogP contribution is -2.31. The summed E-state index contributed by atoms with van der Waals surface area (Å²) in [5, 5.41) is 15.1. The zero-order valence-corrected chi connectivity index (χ0v) is 10.6. The van der Waals surface area contributed by atoms with E-state index in [0.717, 1.165) is 12.8 Å². The number of nitrogens with zero attached hydrogens (tertiary/aromatic N) is 3. The van der Waals surface area contributed by atoms with Gasteiger partial charge in [0.2, 0.25) is 0 Å². The minimum Gasteiger partial charge on any atom is -0.480 e. The lowest BCUT2D eigenvalue weighted by Gasteiger charge is -2.16. The quantitative estimate of drug-likeness (QED) is 0.799. The molecule has 1 aromatic heterocycles. The van der Waals surface area contributed by atoms with Gasteiger partial charge in [-0.2, -0.15) is 5.10 Å². The van der Waals surface area contributed by atoms with Crippen molar-refractivity contribution in [2.24, 2.45) is 0 Å². The highest BCUT2D eigenvalue weighted by Gasteiger charge is 2.09. The van der Waals surface area contributed by atoms with Gasteiger partial charge < -0.3 is 15.3 Å². The van der Waals surface area contributed by atoms with E-state index < -0.39 is 5.97 Å². The summed E-state index contributed by atoms with van der Waals surface area (Å²) >= 11 is 0. The van der Waals surface area contributed by atoms with Gasteiger partial charge in [0.1, 0.15) is 6.54 Å². The molecule has 0 radical (unpaired) electrons. The smallest absolute Gasteiger partial charge is 0.325 e. The Kier molecular flexibility index (Phi) is 5.16. The molecule has 0 aliphatic rings. The number of hydrogen-bond donors (Lipinski definition) is 2. The molecule has 100 valence electrons. The number of hydrogen-bond acceptors (Lipinski definition) is 3. The molecule has 1 rings (SSSR count). The van der Waals surface area contributed by atoms with Crippen molar-refractivity contribution in [3.63, 3.8) is 0 Å². The molecule has 1 heterocycles. The first kappa shape index (κ1) is 14.0. The number of urea groups is 1. The number of carbonyl (C=O) groups excluding carboxylic acids is 1. The minimum atomic E-state index is -0.976. The zero-order valence-electron chi connectivity index (χ0n) is 10.6. The first-order chi connectivity index (χ1) is 8.52. The number of aliphatic carboxylic acids is 1. The summed E-state index contributed by atoms with van der Waals surface area (Å²) in [6.07, 6.45) is 4.88. The van der Waals surface area contributed by atoms with E-state index >= 15 is 0 Å². The summed E-state index contributed by atoms with van der Waals surface area (Å²) in [6.45, 7) is 2.52. The van der Waals surface area contributed by atoms with Gasteiger partial charge in [-0.15, -0.1) is 0 Å². The maximum atomic E-state index is 11.7. The van der Waals surface area contributed by atoms with Gasteiger partial charge >= 0.3 is 12.0 Å². The van der Waals surface area contributed by atoms with Crippen LogP contribution in [0.3, 0.4) is 0 Å². The fraction of sp³-hybridized carbons (Fsp3) is 0.545. The largest absolute Gasteiger partial charge is 0.480 e. The number of anilines is 1. The molecule has 0 spiro atoms. The third kappa shape index (κ3) is 4.44. The van der Waals surface area contributed by atoms with E-state index in [4.69, 9.17) is 5.11 Å². The number of nitrogens with one attached hydrogen (secondary N) is 1. The molecule has 0 fully saturated rings. The molecule has 18 heavy (non-hydrogen) atoms. The summed E-state index contributed by atoms with van der Waals surface area (Å²) in [4.78, 5) is 23.8. The van der Waals surface area contributed by atoms with Crippen molar-refractivity contribution < 1.29 is 14.7 Å². The third-order valence-electron chi connectivity index (χ3n) is 2.38. The van der Waals surface area contributed by atoms with Crippen LogP contribution < -0.4 is 5.32 Å². The van der Waals surface area contributed by atoms with E-state index in [9.17, 15) is 9.59 Å². The monoisotopic (exact) mass is 254 g/mol. The number of carboxylic acid groups (broad SMARTS) is 1. The summed E-state index contributed by atoms with van der Waals surface area (Å²) < 4.78 is 1.25. The molecule has 0 saturated carbocycles. The van der Waals surface area contributed by atoms with Gasteiger partial charge in [-0.1, -0.05) is 13.3 Å². The Morgan fingerprint density at radius 2 is 2.28 bits per heavy atom. The summed E-state index contributed by atoms with van der Waals surface area (Å²) in [5.74, 6) is -0.976. The molecule has 0 saturated heterocycles. The van der Waals surface area contributed by atoms with Gasteiger partial charge in [0.15, 0.2) is 0 Å². The number of amides is 2. The molecule has 0 bridgehead atoms. The molecule has 2 amide bonds. The predicted molar refractivity (Wildman–Crippen MR) is 66.4 cm³/mol. The fourth-order valence-corrected chi connectivity index (χ4v) is 1.37. The van der Waals surface area contributed by atoms with E-state index in [1.54, 1.807) is 11.9 Å². The molecule has 7 heteroatoms. The Balaban J connectivity index is 2.48. The van der Waals surface area contributed by atoms with Crippen LogP contribution in [-0.4, -0.2) is 45.4 Å². The minimum absolute atomic E-state index is 0.221.